The number of aromatic nitrogens is 2. The van der Waals surface area contributed by atoms with Gasteiger partial charge in [-0.2, -0.15) is 5.10 Å². The minimum absolute atomic E-state index is 0. The third kappa shape index (κ3) is 2.41. The Hall–Kier alpha value is -2.95. The van der Waals surface area contributed by atoms with Gasteiger partial charge in [0.25, 0.3) is 0 Å². The lowest BCUT2D eigenvalue weighted by molar-refractivity contribution is 0.415. The van der Waals surface area contributed by atoms with Crippen LogP contribution in [0.4, 0.5) is 0 Å². The summed E-state index contributed by atoms with van der Waals surface area (Å²) in [5.41, 5.74) is 3.08. The van der Waals surface area contributed by atoms with E-state index in [1.807, 2.05) is 24.3 Å². The highest BCUT2D eigenvalue weighted by Gasteiger charge is 2.13. The number of nitrogens with zero attached hydrogens (tertiary/aromatic N) is 1. The first kappa shape index (κ1) is 13.1. The lowest BCUT2D eigenvalue weighted by Crippen LogP contribution is -1.85. The van der Waals surface area contributed by atoms with Crippen molar-refractivity contribution in [3.8, 4) is 39.6 Å². The second-order valence-electron chi connectivity index (χ2n) is 4.59. The van der Waals surface area contributed by atoms with Gasteiger partial charge in [-0.15, -0.1) is 0 Å². The number of phenols is 2. The highest BCUT2D eigenvalue weighted by Crippen LogP contribution is 2.37. The van der Waals surface area contributed by atoms with Crippen molar-refractivity contribution in [1.29, 1.82) is 0 Å². The molecule has 0 radical (unpaired) electrons. The van der Waals surface area contributed by atoms with Gasteiger partial charge in [0.1, 0.15) is 17.2 Å². The summed E-state index contributed by atoms with van der Waals surface area (Å²) in [6.45, 7) is 0. The number of nitrogens with one attached hydrogen (secondary N) is 1. The Balaban J connectivity index is 0.00000176. The molecule has 0 saturated carbocycles. The van der Waals surface area contributed by atoms with Crippen LogP contribution < -0.4 is 4.74 Å². The van der Waals surface area contributed by atoms with E-state index in [1.165, 1.54) is 12.1 Å². The van der Waals surface area contributed by atoms with Crippen LogP contribution in [-0.2, 0) is 0 Å². The molecule has 3 aromatic rings. The SMILES string of the molecule is COc1ccc(-c2cn[nH]c2-c2ccc(O)cc2O)cc1.[HH]. The molecular formula is C16H16N2O3. The first-order valence-corrected chi connectivity index (χ1v) is 6.39. The Morgan fingerprint density at radius 2 is 1.81 bits per heavy atom. The topological polar surface area (TPSA) is 78.4 Å². The molecule has 0 spiro atoms. The maximum absolute atomic E-state index is 9.99. The number of rotatable bonds is 3. The normalized spacial score (nSPS) is 10.5. The van der Waals surface area contributed by atoms with Gasteiger partial charge in [-0.25, -0.2) is 0 Å². The molecule has 0 saturated heterocycles. The zero-order valence-electron chi connectivity index (χ0n) is 11.4. The van der Waals surface area contributed by atoms with Crippen LogP contribution in [0.5, 0.6) is 17.2 Å². The molecule has 5 nitrogen and oxygen atoms in total. The molecule has 0 atom stereocenters. The standard InChI is InChI=1S/C16H14N2O3.H2/c1-21-12-5-2-10(3-6-12)14-9-17-18-16(14)13-7-4-11(19)8-15(13)20;/h2-9,19-20H,1H3,(H,17,18);1H. The van der Waals surface area contributed by atoms with Gasteiger partial charge >= 0.3 is 0 Å². The fourth-order valence-electron chi connectivity index (χ4n) is 2.21. The predicted octanol–water partition coefficient (Wildman–Crippen LogP) is 3.41. The largest absolute Gasteiger partial charge is 0.508 e. The molecule has 5 heteroatoms. The number of H-pyrrole nitrogens is 1. The number of aromatic hydroxyl groups is 2. The summed E-state index contributed by atoms with van der Waals surface area (Å²) in [5.74, 6) is 0.784. The van der Waals surface area contributed by atoms with Crippen molar-refractivity contribution in [2.75, 3.05) is 7.11 Å². The lowest BCUT2D eigenvalue weighted by atomic mass is 10.0. The molecule has 0 aliphatic rings. The van der Waals surface area contributed by atoms with Crippen molar-refractivity contribution in [3.63, 3.8) is 0 Å². The summed E-state index contributed by atoms with van der Waals surface area (Å²) in [7, 11) is 1.62. The third-order valence-corrected chi connectivity index (χ3v) is 3.29. The van der Waals surface area contributed by atoms with Crippen molar-refractivity contribution >= 4 is 0 Å². The highest BCUT2D eigenvalue weighted by molar-refractivity contribution is 5.83. The molecule has 0 aliphatic heterocycles. The van der Waals surface area contributed by atoms with Crippen LogP contribution in [0.15, 0.2) is 48.7 Å². The van der Waals surface area contributed by atoms with Crippen LogP contribution in [0.1, 0.15) is 1.43 Å². The maximum atomic E-state index is 9.99. The van der Waals surface area contributed by atoms with E-state index in [-0.39, 0.29) is 12.9 Å². The van der Waals surface area contributed by atoms with Crippen molar-refractivity contribution in [2.24, 2.45) is 0 Å². The average Bonchev–Trinajstić information content (AvgIpc) is 2.96. The zero-order chi connectivity index (χ0) is 14.8. The highest BCUT2D eigenvalue weighted by atomic mass is 16.5. The Morgan fingerprint density at radius 3 is 2.48 bits per heavy atom. The van der Waals surface area contributed by atoms with Gasteiger partial charge in [-0.3, -0.25) is 5.10 Å². The molecule has 2 aromatic carbocycles. The van der Waals surface area contributed by atoms with Crippen molar-refractivity contribution in [2.45, 2.75) is 0 Å². The molecule has 3 rings (SSSR count). The third-order valence-electron chi connectivity index (χ3n) is 3.29. The quantitative estimate of drug-likeness (QED) is 0.688. The lowest BCUT2D eigenvalue weighted by Gasteiger charge is -2.07. The summed E-state index contributed by atoms with van der Waals surface area (Å²) < 4.78 is 5.14. The number of aromatic amines is 1. The van der Waals surface area contributed by atoms with Crippen LogP contribution in [0.3, 0.4) is 0 Å². The van der Waals surface area contributed by atoms with Gasteiger partial charge in [0.2, 0.25) is 0 Å². The molecule has 1 heterocycles. The van der Waals surface area contributed by atoms with E-state index >= 15 is 0 Å². The molecular weight excluding hydrogens is 268 g/mol. The number of ether oxygens (including phenoxy) is 1. The van der Waals surface area contributed by atoms with E-state index in [9.17, 15) is 10.2 Å². The van der Waals surface area contributed by atoms with E-state index in [4.69, 9.17) is 4.74 Å². The van der Waals surface area contributed by atoms with E-state index in [0.29, 0.717) is 11.3 Å². The number of hydrogen-bond donors (Lipinski definition) is 3. The maximum Gasteiger partial charge on any atom is 0.128 e. The summed E-state index contributed by atoms with van der Waals surface area (Å²) in [6.07, 6.45) is 1.70. The molecule has 0 bridgehead atoms. The van der Waals surface area contributed by atoms with Crippen molar-refractivity contribution in [3.05, 3.63) is 48.7 Å². The Labute approximate surface area is 122 Å². The van der Waals surface area contributed by atoms with E-state index in [2.05, 4.69) is 10.2 Å². The smallest absolute Gasteiger partial charge is 0.128 e. The fraction of sp³-hybridized carbons (Fsp3) is 0.0625. The monoisotopic (exact) mass is 284 g/mol. The van der Waals surface area contributed by atoms with Crippen LogP contribution in [0, 0.1) is 0 Å². The van der Waals surface area contributed by atoms with Crippen LogP contribution in [0.2, 0.25) is 0 Å². The van der Waals surface area contributed by atoms with Crippen LogP contribution in [0.25, 0.3) is 22.4 Å². The van der Waals surface area contributed by atoms with Gasteiger partial charge in [-0.05, 0) is 29.8 Å². The summed E-state index contributed by atoms with van der Waals surface area (Å²) in [5, 5.41) is 26.3. The molecule has 0 fully saturated rings. The van der Waals surface area contributed by atoms with Crippen molar-refractivity contribution < 1.29 is 16.4 Å². The van der Waals surface area contributed by atoms with E-state index in [0.717, 1.165) is 16.9 Å². The summed E-state index contributed by atoms with van der Waals surface area (Å²) >= 11 is 0. The molecule has 0 amide bonds. The van der Waals surface area contributed by atoms with Gasteiger partial charge in [0.05, 0.1) is 19.0 Å². The van der Waals surface area contributed by atoms with Crippen molar-refractivity contribution in [1.82, 2.24) is 10.2 Å². The predicted molar refractivity (Wildman–Crippen MR) is 81.5 cm³/mol. The van der Waals surface area contributed by atoms with E-state index < -0.39 is 0 Å². The molecule has 1 aromatic heterocycles. The second kappa shape index (κ2) is 5.20. The second-order valence-corrected chi connectivity index (χ2v) is 4.59. The zero-order valence-corrected chi connectivity index (χ0v) is 11.4. The molecule has 0 aliphatic carbocycles. The first-order chi connectivity index (χ1) is 10.2. The Morgan fingerprint density at radius 1 is 1.05 bits per heavy atom. The van der Waals surface area contributed by atoms with Gasteiger partial charge in [-0.1, -0.05) is 12.1 Å². The fourth-order valence-corrected chi connectivity index (χ4v) is 2.21. The summed E-state index contributed by atoms with van der Waals surface area (Å²) in [6, 6.07) is 12.0. The first-order valence-electron chi connectivity index (χ1n) is 6.39. The minimum atomic E-state index is -0.00554. The van der Waals surface area contributed by atoms with Gasteiger partial charge in [0, 0.05) is 18.6 Å². The Bertz CT molecular complexity index is 769. The van der Waals surface area contributed by atoms with E-state index in [1.54, 1.807) is 19.4 Å². The molecule has 0 unspecified atom stereocenters. The average molecular weight is 284 g/mol. The summed E-state index contributed by atoms with van der Waals surface area (Å²) in [4.78, 5) is 0. The molecule has 21 heavy (non-hydrogen) atoms. The number of phenolic OH excluding ortho intramolecular Hbond substituents is 2. The number of methoxy groups -OCH3 is 1. The minimum Gasteiger partial charge on any atom is -0.508 e. The van der Waals surface area contributed by atoms with Crippen LogP contribution in [-0.4, -0.2) is 27.5 Å². The molecule has 108 valence electrons. The van der Waals surface area contributed by atoms with Gasteiger partial charge < -0.3 is 14.9 Å². The van der Waals surface area contributed by atoms with Gasteiger partial charge in [0.15, 0.2) is 0 Å². The van der Waals surface area contributed by atoms with Crippen LogP contribution >= 0.6 is 0 Å². The Kier molecular flexibility index (Phi) is 3.23. The molecule has 3 N–H and O–H groups in total. The number of hydrogen-bond acceptors (Lipinski definition) is 4. The number of benzene rings is 2.